The lowest BCUT2D eigenvalue weighted by Gasteiger charge is -2.09. The zero-order valence-electron chi connectivity index (χ0n) is 14.2. The van der Waals surface area contributed by atoms with Crippen LogP contribution in [0, 0.1) is 0 Å². The topological polar surface area (TPSA) is 59.8 Å². The number of hydrogen-bond acceptors (Lipinski definition) is 4. The van der Waals surface area contributed by atoms with E-state index in [9.17, 15) is 4.79 Å². The van der Waals surface area contributed by atoms with E-state index in [1.54, 1.807) is 36.4 Å². The second-order valence-electron chi connectivity index (χ2n) is 5.53. The van der Waals surface area contributed by atoms with Gasteiger partial charge in [0, 0.05) is 22.8 Å². The first-order valence-electron chi connectivity index (χ1n) is 8.05. The number of amides is 1. The number of anilines is 1. The van der Waals surface area contributed by atoms with Crippen LogP contribution in [-0.2, 0) is 11.3 Å². The van der Waals surface area contributed by atoms with E-state index in [2.05, 4.69) is 22.1 Å². The summed E-state index contributed by atoms with van der Waals surface area (Å²) < 4.78 is 1.88. The molecular formula is C19H16Cl2N4OS. The van der Waals surface area contributed by atoms with E-state index in [0.717, 1.165) is 5.56 Å². The third-order valence-corrected chi connectivity index (χ3v) is 5.12. The third-order valence-electron chi connectivity index (χ3n) is 3.58. The molecule has 8 heteroatoms. The average molecular weight is 419 g/mol. The highest BCUT2D eigenvalue weighted by atomic mass is 35.5. The number of nitrogens with one attached hydrogen (secondary N) is 1. The molecule has 0 saturated carbocycles. The normalized spacial score (nSPS) is 10.6. The highest BCUT2D eigenvalue weighted by molar-refractivity contribution is 7.99. The number of nitrogens with zero attached hydrogens (tertiary/aromatic N) is 3. The number of carbonyl (C=O) groups excluding carboxylic acids is 1. The van der Waals surface area contributed by atoms with Crippen LogP contribution in [0.25, 0.3) is 11.4 Å². The SMILES string of the molecule is C=CCn1c(SCC(=O)Nc2cccc(Cl)c2)nnc1-c1ccccc1Cl. The van der Waals surface area contributed by atoms with Crippen LogP contribution in [0.1, 0.15) is 0 Å². The highest BCUT2D eigenvalue weighted by Gasteiger charge is 2.16. The summed E-state index contributed by atoms with van der Waals surface area (Å²) in [4.78, 5) is 12.2. The molecule has 0 unspecified atom stereocenters. The summed E-state index contributed by atoms with van der Waals surface area (Å²) in [6.07, 6.45) is 1.75. The fourth-order valence-electron chi connectivity index (χ4n) is 2.42. The van der Waals surface area contributed by atoms with Gasteiger partial charge in [-0.15, -0.1) is 16.8 Å². The Hall–Kier alpha value is -2.28. The quantitative estimate of drug-likeness (QED) is 0.424. The molecule has 0 aliphatic heterocycles. The van der Waals surface area contributed by atoms with Crippen LogP contribution in [0.2, 0.25) is 10.0 Å². The van der Waals surface area contributed by atoms with Crippen molar-refractivity contribution in [3.63, 3.8) is 0 Å². The lowest BCUT2D eigenvalue weighted by Crippen LogP contribution is -2.14. The van der Waals surface area contributed by atoms with Crippen molar-refractivity contribution in [2.45, 2.75) is 11.7 Å². The Balaban J connectivity index is 1.74. The van der Waals surface area contributed by atoms with Gasteiger partial charge < -0.3 is 5.32 Å². The smallest absolute Gasteiger partial charge is 0.234 e. The molecule has 3 rings (SSSR count). The molecule has 3 aromatic rings. The van der Waals surface area contributed by atoms with Gasteiger partial charge in [-0.05, 0) is 30.3 Å². The second-order valence-corrected chi connectivity index (χ2v) is 7.32. The van der Waals surface area contributed by atoms with Crippen LogP contribution >= 0.6 is 35.0 Å². The summed E-state index contributed by atoms with van der Waals surface area (Å²) in [5.74, 6) is 0.664. The monoisotopic (exact) mass is 418 g/mol. The van der Waals surface area contributed by atoms with Crippen LogP contribution in [-0.4, -0.2) is 26.4 Å². The van der Waals surface area contributed by atoms with Crippen LogP contribution in [0.15, 0.2) is 66.3 Å². The van der Waals surface area contributed by atoms with Crippen molar-refractivity contribution in [3.05, 3.63) is 71.2 Å². The largest absolute Gasteiger partial charge is 0.325 e. The zero-order valence-corrected chi connectivity index (χ0v) is 16.6. The number of rotatable bonds is 7. The van der Waals surface area contributed by atoms with E-state index in [-0.39, 0.29) is 11.7 Å². The zero-order chi connectivity index (χ0) is 19.2. The maximum atomic E-state index is 12.2. The molecule has 1 heterocycles. The average Bonchev–Trinajstić information content (AvgIpc) is 3.03. The summed E-state index contributed by atoms with van der Waals surface area (Å²) in [6, 6.07) is 14.4. The molecule has 2 aromatic carbocycles. The minimum Gasteiger partial charge on any atom is -0.325 e. The number of carbonyl (C=O) groups is 1. The van der Waals surface area contributed by atoms with Crippen LogP contribution in [0.4, 0.5) is 5.69 Å². The summed E-state index contributed by atoms with van der Waals surface area (Å²) in [5, 5.41) is 13.0. The molecule has 0 spiro atoms. The molecule has 1 aromatic heterocycles. The van der Waals surface area contributed by atoms with E-state index < -0.39 is 0 Å². The molecule has 1 amide bonds. The summed E-state index contributed by atoms with van der Waals surface area (Å²) in [5.41, 5.74) is 1.43. The van der Waals surface area contributed by atoms with Gasteiger partial charge in [0.25, 0.3) is 0 Å². The first kappa shape index (κ1) is 19.5. The fourth-order valence-corrected chi connectivity index (χ4v) is 3.58. The number of benzene rings is 2. The Labute approximate surface area is 171 Å². The number of hydrogen-bond donors (Lipinski definition) is 1. The van der Waals surface area contributed by atoms with Gasteiger partial charge in [0.1, 0.15) is 0 Å². The first-order valence-corrected chi connectivity index (χ1v) is 9.80. The molecule has 5 nitrogen and oxygen atoms in total. The van der Waals surface area contributed by atoms with Crippen molar-refractivity contribution in [2.24, 2.45) is 0 Å². The molecule has 0 aliphatic carbocycles. The molecule has 1 N–H and O–H groups in total. The number of allylic oxidation sites excluding steroid dienone is 1. The van der Waals surface area contributed by atoms with Crippen molar-refractivity contribution in [1.29, 1.82) is 0 Å². The van der Waals surface area contributed by atoms with Gasteiger partial charge in [-0.2, -0.15) is 0 Å². The molecular weight excluding hydrogens is 403 g/mol. The Morgan fingerprint density at radius 1 is 1.19 bits per heavy atom. The molecule has 0 atom stereocenters. The maximum Gasteiger partial charge on any atom is 0.234 e. The molecule has 0 bridgehead atoms. The van der Waals surface area contributed by atoms with E-state index in [0.29, 0.717) is 33.3 Å². The highest BCUT2D eigenvalue weighted by Crippen LogP contribution is 2.29. The van der Waals surface area contributed by atoms with E-state index in [1.165, 1.54) is 11.8 Å². The van der Waals surface area contributed by atoms with Crippen LogP contribution in [0.5, 0.6) is 0 Å². The lowest BCUT2D eigenvalue weighted by atomic mass is 10.2. The number of halogens is 2. The van der Waals surface area contributed by atoms with Crippen LogP contribution in [0.3, 0.4) is 0 Å². The molecule has 0 fully saturated rings. The van der Waals surface area contributed by atoms with Gasteiger partial charge in [-0.3, -0.25) is 9.36 Å². The Morgan fingerprint density at radius 2 is 2.00 bits per heavy atom. The molecule has 27 heavy (non-hydrogen) atoms. The minimum absolute atomic E-state index is 0.158. The number of aromatic nitrogens is 3. The van der Waals surface area contributed by atoms with Gasteiger partial charge in [0.15, 0.2) is 11.0 Å². The van der Waals surface area contributed by atoms with Gasteiger partial charge in [-0.1, -0.05) is 59.2 Å². The van der Waals surface area contributed by atoms with Crippen molar-refractivity contribution in [1.82, 2.24) is 14.8 Å². The summed E-state index contributed by atoms with van der Waals surface area (Å²) >= 11 is 13.5. The minimum atomic E-state index is -0.158. The van der Waals surface area contributed by atoms with Crippen molar-refractivity contribution < 1.29 is 4.79 Å². The van der Waals surface area contributed by atoms with E-state index in [1.807, 2.05) is 22.8 Å². The second kappa shape index (κ2) is 9.08. The lowest BCUT2D eigenvalue weighted by molar-refractivity contribution is -0.113. The van der Waals surface area contributed by atoms with Gasteiger partial charge in [0.05, 0.1) is 10.8 Å². The molecule has 0 saturated heterocycles. The molecule has 138 valence electrons. The third kappa shape index (κ3) is 4.91. The van der Waals surface area contributed by atoms with E-state index >= 15 is 0 Å². The Kier molecular flexibility index (Phi) is 6.55. The van der Waals surface area contributed by atoms with Crippen molar-refractivity contribution in [2.75, 3.05) is 11.1 Å². The predicted molar refractivity (Wildman–Crippen MR) is 111 cm³/mol. The summed E-state index contributed by atoms with van der Waals surface area (Å²) in [6.45, 7) is 4.29. The first-order chi connectivity index (χ1) is 13.1. The predicted octanol–water partition coefficient (Wildman–Crippen LogP) is 5.17. The van der Waals surface area contributed by atoms with E-state index in [4.69, 9.17) is 23.2 Å². The van der Waals surface area contributed by atoms with Crippen molar-refractivity contribution in [3.8, 4) is 11.4 Å². The standard InChI is InChI=1S/C19H16Cl2N4OS/c1-2-10-25-18(15-8-3-4-9-16(15)21)23-24-19(25)27-12-17(26)22-14-7-5-6-13(20)11-14/h2-9,11H,1,10,12H2,(H,22,26). The van der Waals surface area contributed by atoms with Gasteiger partial charge in [0.2, 0.25) is 5.91 Å². The van der Waals surface area contributed by atoms with Crippen LogP contribution < -0.4 is 5.32 Å². The van der Waals surface area contributed by atoms with Gasteiger partial charge >= 0.3 is 0 Å². The fraction of sp³-hybridized carbons (Fsp3) is 0.105. The molecule has 0 aliphatic rings. The number of thioether (sulfide) groups is 1. The summed E-state index contributed by atoms with van der Waals surface area (Å²) in [7, 11) is 0. The maximum absolute atomic E-state index is 12.2. The Morgan fingerprint density at radius 3 is 2.74 bits per heavy atom. The molecule has 0 radical (unpaired) electrons. The van der Waals surface area contributed by atoms with Gasteiger partial charge in [-0.25, -0.2) is 0 Å². The van der Waals surface area contributed by atoms with Crippen molar-refractivity contribution >= 4 is 46.6 Å². The Bertz CT molecular complexity index is 974.